The quantitative estimate of drug-likeness (QED) is 0.276. The third-order valence-corrected chi connectivity index (χ3v) is 6.31. The van der Waals surface area contributed by atoms with Gasteiger partial charge in [-0.2, -0.15) is 0 Å². The van der Waals surface area contributed by atoms with E-state index in [4.69, 9.17) is 5.14 Å². The van der Waals surface area contributed by atoms with Crippen molar-refractivity contribution in [1.82, 2.24) is 10.6 Å². The van der Waals surface area contributed by atoms with Gasteiger partial charge in [0.2, 0.25) is 10.0 Å². The van der Waals surface area contributed by atoms with E-state index in [-0.39, 0.29) is 34.9 Å². The summed E-state index contributed by atoms with van der Waals surface area (Å²) in [6.07, 6.45) is 3.27. The van der Waals surface area contributed by atoms with Crippen molar-refractivity contribution in [3.8, 4) is 0 Å². The van der Waals surface area contributed by atoms with E-state index in [1.165, 1.54) is 36.2 Å². The third kappa shape index (κ3) is 7.36. The minimum atomic E-state index is -3.65. The van der Waals surface area contributed by atoms with Crippen LogP contribution in [-0.4, -0.2) is 41.1 Å². The number of anilines is 1. The summed E-state index contributed by atoms with van der Waals surface area (Å²) in [6, 6.07) is 15.4. The van der Waals surface area contributed by atoms with Gasteiger partial charge >= 0.3 is 0 Å². The fourth-order valence-corrected chi connectivity index (χ4v) is 4.14. The molecule has 0 aliphatic carbocycles. The molecule has 1 aliphatic rings. The molecule has 1 atom stereocenters. The highest BCUT2D eigenvalue weighted by Crippen LogP contribution is 2.23. The zero-order valence-corrected chi connectivity index (χ0v) is 21.2. The van der Waals surface area contributed by atoms with Crippen molar-refractivity contribution in [2.24, 2.45) is 10.1 Å². The number of sulfonamides is 1. The maximum absolute atomic E-state index is 11.3. The molecule has 1 aliphatic heterocycles. The Morgan fingerprint density at radius 2 is 1.84 bits per heavy atom. The van der Waals surface area contributed by atoms with Crippen LogP contribution in [0, 0.1) is 0 Å². The van der Waals surface area contributed by atoms with Gasteiger partial charge in [0.25, 0.3) is 0 Å². The average molecular weight is 558 g/mol. The summed E-state index contributed by atoms with van der Waals surface area (Å²) < 4.78 is 22.7. The van der Waals surface area contributed by atoms with Crippen LogP contribution < -0.4 is 20.7 Å². The first kappa shape index (κ1) is 25.4. The van der Waals surface area contributed by atoms with Crippen LogP contribution in [0.3, 0.4) is 0 Å². The van der Waals surface area contributed by atoms with E-state index in [9.17, 15) is 8.42 Å². The summed E-state index contributed by atoms with van der Waals surface area (Å²) in [5.41, 5.74) is 3.53. The highest BCUT2D eigenvalue weighted by Gasteiger charge is 2.14. The monoisotopic (exact) mass is 557 g/mol. The molecular formula is C22H32IN5O2S. The molecule has 1 saturated heterocycles. The summed E-state index contributed by atoms with van der Waals surface area (Å²) >= 11 is 0. The van der Waals surface area contributed by atoms with E-state index in [0.29, 0.717) is 6.54 Å². The van der Waals surface area contributed by atoms with Gasteiger partial charge in [0.15, 0.2) is 5.96 Å². The summed E-state index contributed by atoms with van der Waals surface area (Å²) in [5.74, 6) is 0.732. The lowest BCUT2D eigenvalue weighted by molar-refractivity contribution is 0.598. The molecule has 2 aromatic rings. The molecule has 4 N–H and O–H groups in total. The van der Waals surface area contributed by atoms with Crippen LogP contribution in [-0.2, 0) is 16.4 Å². The minimum Gasteiger partial charge on any atom is -0.372 e. The lowest BCUT2D eigenvalue weighted by atomic mass is 10.1. The van der Waals surface area contributed by atoms with Crippen molar-refractivity contribution in [3.63, 3.8) is 0 Å². The standard InChI is InChI=1S/C22H31N5O2S.HI/c1-17(19-6-5-7-20(16-19)27-14-3-4-15-27)26-22(24-2)25-13-12-18-8-10-21(11-9-18)30(23,28)29;/h5-11,16-17H,3-4,12-15H2,1-2H3,(H2,23,28,29)(H2,24,25,26);1H. The van der Waals surface area contributed by atoms with Gasteiger partial charge in [-0.1, -0.05) is 24.3 Å². The number of nitrogens with two attached hydrogens (primary N) is 1. The molecule has 0 aromatic heterocycles. The van der Waals surface area contributed by atoms with Crippen LogP contribution >= 0.6 is 24.0 Å². The molecule has 1 heterocycles. The molecular weight excluding hydrogens is 525 g/mol. The summed E-state index contributed by atoms with van der Waals surface area (Å²) in [5, 5.41) is 11.9. The Kier molecular flexibility index (Phi) is 9.57. The zero-order valence-electron chi connectivity index (χ0n) is 18.0. The molecule has 7 nitrogen and oxygen atoms in total. The van der Waals surface area contributed by atoms with E-state index in [2.05, 4.69) is 51.7 Å². The molecule has 2 aromatic carbocycles. The molecule has 1 unspecified atom stereocenters. The Labute approximate surface area is 202 Å². The number of hydrogen-bond acceptors (Lipinski definition) is 4. The van der Waals surface area contributed by atoms with E-state index in [1.807, 2.05) is 0 Å². The molecule has 1 fully saturated rings. The Hall–Kier alpha value is -1.85. The second kappa shape index (κ2) is 11.7. The Morgan fingerprint density at radius 3 is 2.45 bits per heavy atom. The first-order valence-electron chi connectivity index (χ1n) is 10.3. The van der Waals surface area contributed by atoms with Crippen LogP contribution in [0.25, 0.3) is 0 Å². The van der Waals surface area contributed by atoms with Gasteiger partial charge in [0.05, 0.1) is 10.9 Å². The van der Waals surface area contributed by atoms with Gasteiger partial charge in [0.1, 0.15) is 0 Å². The number of aliphatic imine (C=N–C) groups is 1. The highest BCUT2D eigenvalue weighted by atomic mass is 127. The maximum Gasteiger partial charge on any atom is 0.238 e. The van der Waals surface area contributed by atoms with Crippen molar-refractivity contribution >= 4 is 45.6 Å². The number of rotatable bonds is 7. The van der Waals surface area contributed by atoms with E-state index >= 15 is 0 Å². The molecule has 0 saturated carbocycles. The van der Waals surface area contributed by atoms with Gasteiger partial charge in [0, 0.05) is 32.4 Å². The summed E-state index contributed by atoms with van der Waals surface area (Å²) in [7, 11) is -1.90. The van der Waals surface area contributed by atoms with Gasteiger partial charge in [-0.05, 0) is 61.6 Å². The van der Waals surface area contributed by atoms with Crippen molar-refractivity contribution < 1.29 is 8.42 Å². The Morgan fingerprint density at radius 1 is 1.16 bits per heavy atom. The van der Waals surface area contributed by atoms with E-state index in [0.717, 1.165) is 31.0 Å². The van der Waals surface area contributed by atoms with Gasteiger partial charge < -0.3 is 15.5 Å². The number of primary sulfonamides is 1. The van der Waals surface area contributed by atoms with Crippen LogP contribution in [0.15, 0.2) is 58.4 Å². The molecule has 0 bridgehead atoms. The summed E-state index contributed by atoms with van der Waals surface area (Å²) in [6.45, 7) is 5.07. The highest BCUT2D eigenvalue weighted by molar-refractivity contribution is 14.0. The smallest absolute Gasteiger partial charge is 0.238 e. The van der Waals surface area contributed by atoms with Gasteiger partial charge in [-0.3, -0.25) is 4.99 Å². The normalized spacial score (nSPS) is 15.3. The SMILES string of the molecule is CN=C(NCCc1ccc(S(N)(=O)=O)cc1)NC(C)c1cccc(N2CCCC2)c1.I. The lowest BCUT2D eigenvalue weighted by Crippen LogP contribution is -2.39. The fourth-order valence-electron chi connectivity index (χ4n) is 3.62. The largest absolute Gasteiger partial charge is 0.372 e. The predicted molar refractivity (Wildman–Crippen MR) is 138 cm³/mol. The average Bonchev–Trinajstić information content (AvgIpc) is 3.28. The maximum atomic E-state index is 11.3. The molecule has 9 heteroatoms. The lowest BCUT2D eigenvalue weighted by Gasteiger charge is -2.22. The number of hydrogen-bond donors (Lipinski definition) is 3. The number of nitrogens with zero attached hydrogens (tertiary/aromatic N) is 2. The molecule has 0 amide bonds. The Bertz CT molecular complexity index is 974. The number of benzene rings is 2. The molecule has 0 spiro atoms. The van der Waals surface area contributed by atoms with Crippen molar-refractivity contribution in [3.05, 3.63) is 59.7 Å². The van der Waals surface area contributed by atoms with Crippen molar-refractivity contribution in [2.45, 2.75) is 37.1 Å². The van der Waals surface area contributed by atoms with Crippen LogP contribution in [0.1, 0.15) is 36.9 Å². The zero-order chi connectivity index (χ0) is 21.6. The van der Waals surface area contributed by atoms with Crippen LogP contribution in [0.2, 0.25) is 0 Å². The molecule has 0 radical (unpaired) electrons. The number of nitrogens with one attached hydrogen (secondary N) is 2. The summed E-state index contributed by atoms with van der Waals surface area (Å²) in [4.78, 5) is 6.88. The van der Waals surface area contributed by atoms with Crippen molar-refractivity contribution in [1.29, 1.82) is 0 Å². The topological polar surface area (TPSA) is 99.8 Å². The van der Waals surface area contributed by atoms with E-state index < -0.39 is 10.0 Å². The predicted octanol–water partition coefficient (Wildman–Crippen LogP) is 3.02. The molecule has 3 rings (SSSR count). The van der Waals surface area contributed by atoms with E-state index in [1.54, 1.807) is 19.2 Å². The number of guanidine groups is 1. The molecule has 170 valence electrons. The second-order valence-corrected chi connectivity index (χ2v) is 9.15. The first-order chi connectivity index (χ1) is 14.4. The van der Waals surface area contributed by atoms with Gasteiger partial charge in [-0.25, -0.2) is 13.6 Å². The number of halogens is 1. The third-order valence-electron chi connectivity index (χ3n) is 5.38. The van der Waals surface area contributed by atoms with Gasteiger partial charge in [-0.15, -0.1) is 24.0 Å². The first-order valence-corrected chi connectivity index (χ1v) is 11.9. The Balaban J connectivity index is 0.00000341. The van der Waals surface area contributed by atoms with Crippen LogP contribution in [0.4, 0.5) is 5.69 Å². The minimum absolute atomic E-state index is 0. The van der Waals surface area contributed by atoms with Crippen molar-refractivity contribution in [2.75, 3.05) is 31.6 Å². The fraction of sp³-hybridized carbons (Fsp3) is 0.409. The molecule has 31 heavy (non-hydrogen) atoms. The van der Waals surface area contributed by atoms with Crippen LogP contribution in [0.5, 0.6) is 0 Å². The second-order valence-electron chi connectivity index (χ2n) is 7.59.